The van der Waals surface area contributed by atoms with Gasteiger partial charge in [-0.05, 0) is 42.3 Å². The predicted molar refractivity (Wildman–Crippen MR) is 124 cm³/mol. The molecule has 2 amide bonds. The van der Waals surface area contributed by atoms with Crippen LogP contribution in [0.3, 0.4) is 0 Å². The van der Waals surface area contributed by atoms with Crippen molar-refractivity contribution >= 4 is 39.9 Å². The van der Waals surface area contributed by atoms with Gasteiger partial charge >= 0.3 is 6.03 Å². The van der Waals surface area contributed by atoms with E-state index < -0.39 is 6.03 Å². The van der Waals surface area contributed by atoms with E-state index in [1.807, 2.05) is 44.2 Å². The number of carbonyl (C=O) groups excluding carboxylic acids is 1. The first-order chi connectivity index (χ1) is 14.8. The molecule has 8 heteroatoms. The summed E-state index contributed by atoms with van der Waals surface area (Å²) in [6.45, 7) is 3.94. The highest BCUT2D eigenvalue weighted by Gasteiger charge is 2.23. The minimum Gasteiger partial charge on any atom is -0.308 e. The second kappa shape index (κ2) is 8.28. The maximum atomic E-state index is 13.3. The first-order valence-electron chi connectivity index (χ1n) is 9.86. The monoisotopic (exact) mass is 435 g/mol. The first-order valence-corrected chi connectivity index (χ1v) is 10.2. The number of nitrogens with zero attached hydrogens (tertiary/aromatic N) is 3. The van der Waals surface area contributed by atoms with E-state index in [0.717, 1.165) is 10.9 Å². The molecule has 0 spiro atoms. The van der Waals surface area contributed by atoms with Gasteiger partial charge < -0.3 is 10.6 Å². The molecule has 2 aromatic heterocycles. The summed E-state index contributed by atoms with van der Waals surface area (Å²) < 4.78 is 3.28. The number of amides is 2. The summed E-state index contributed by atoms with van der Waals surface area (Å²) in [5.41, 5.74) is 2.66. The van der Waals surface area contributed by atoms with E-state index in [9.17, 15) is 9.59 Å². The van der Waals surface area contributed by atoms with Crippen molar-refractivity contribution in [3.63, 3.8) is 0 Å². The van der Waals surface area contributed by atoms with Gasteiger partial charge in [0.1, 0.15) is 5.69 Å². The molecule has 0 radical (unpaired) electrons. The molecule has 0 fully saturated rings. The van der Waals surface area contributed by atoms with Crippen molar-refractivity contribution in [2.24, 2.45) is 7.05 Å². The molecule has 0 aliphatic rings. The Bertz CT molecular complexity index is 1320. The number of urea groups is 1. The summed E-state index contributed by atoms with van der Waals surface area (Å²) in [6, 6.07) is 15.9. The number of hydrogen-bond acceptors (Lipinski definition) is 3. The van der Waals surface area contributed by atoms with Gasteiger partial charge in [-0.2, -0.15) is 0 Å². The molecule has 0 aliphatic heterocycles. The Labute approximate surface area is 184 Å². The topological polar surface area (TPSA) is 81.0 Å². The van der Waals surface area contributed by atoms with Gasteiger partial charge in [0, 0.05) is 23.1 Å². The second-order valence-electron chi connectivity index (χ2n) is 7.53. The Hall–Kier alpha value is -3.58. The van der Waals surface area contributed by atoms with E-state index in [0.29, 0.717) is 22.1 Å². The van der Waals surface area contributed by atoms with Crippen LogP contribution in [0.25, 0.3) is 16.6 Å². The number of anilines is 2. The predicted octanol–water partition coefficient (Wildman–Crippen LogP) is 5.15. The Morgan fingerprint density at radius 1 is 1.06 bits per heavy atom. The lowest BCUT2D eigenvalue weighted by Gasteiger charge is -2.13. The summed E-state index contributed by atoms with van der Waals surface area (Å²) in [4.78, 5) is 30.4. The van der Waals surface area contributed by atoms with Gasteiger partial charge in [0.25, 0.3) is 5.56 Å². The average Bonchev–Trinajstić information content (AvgIpc) is 2.99. The smallest absolute Gasteiger partial charge is 0.308 e. The van der Waals surface area contributed by atoms with Gasteiger partial charge in [0.05, 0.1) is 23.1 Å². The quantitative estimate of drug-likeness (QED) is 0.465. The van der Waals surface area contributed by atoms with Crippen LogP contribution >= 0.6 is 11.6 Å². The molecule has 158 valence electrons. The van der Waals surface area contributed by atoms with Crippen LogP contribution in [0, 0.1) is 0 Å². The number of para-hydroxylation sites is 1. The fourth-order valence-corrected chi connectivity index (χ4v) is 3.80. The van der Waals surface area contributed by atoms with Crippen LogP contribution in [0.1, 0.15) is 25.5 Å². The lowest BCUT2D eigenvalue weighted by atomic mass is 10.1. The fraction of sp³-hybridized carbons (Fsp3) is 0.174. The molecule has 2 aromatic carbocycles. The molecule has 0 bridgehead atoms. The number of benzene rings is 2. The van der Waals surface area contributed by atoms with E-state index in [-0.39, 0.29) is 17.2 Å². The minimum atomic E-state index is -0.504. The largest absolute Gasteiger partial charge is 0.323 e. The zero-order chi connectivity index (χ0) is 22.1. The molecule has 0 unspecified atom stereocenters. The molecule has 0 aliphatic carbocycles. The van der Waals surface area contributed by atoms with Gasteiger partial charge in [-0.25, -0.2) is 9.48 Å². The normalized spacial score (nSPS) is 11.1. The summed E-state index contributed by atoms with van der Waals surface area (Å²) >= 11 is 5.89. The van der Waals surface area contributed by atoms with E-state index >= 15 is 0 Å². The number of nitrogens with one attached hydrogen (secondary N) is 2. The Morgan fingerprint density at radius 3 is 2.48 bits per heavy atom. The third kappa shape index (κ3) is 4.04. The van der Waals surface area contributed by atoms with Crippen LogP contribution in [-0.2, 0) is 7.05 Å². The minimum absolute atomic E-state index is 0.00167. The van der Waals surface area contributed by atoms with Crippen molar-refractivity contribution in [2.45, 2.75) is 19.8 Å². The van der Waals surface area contributed by atoms with Crippen molar-refractivity contribution in [3.8, 4) is 5.69 Å². The van der Waals surface area contributed by atoms with Crippen LogP contribution in [-0.4, -0.2) is 20.4 Å². The Kier molecular flexibility index (Phi) is 5.52. The highest BCUT2D eigenvalue weighted by atomic mass is 35.5. The molecular formula is C23H22ClN5O2. The van der Waals surface area contributed by atoms with Crippen molar-refractivity contribution in [1.82, 2.24) is 14.3 Å². The number of pyridine rings is 1. The number of hydrogen-bond donors (Lipinski definition) is 2. The number of halogens is 1. The zero-order valence-electron chi connectivity index (χ0n) is 17.4. The second-order valence-corrected chi connectivity index (χ2v) is 7.96. The molecule has 4 rings (SSSR count). The Balaban J connectivity index is 1.73. The van der Waals surface area contributed by atoms with Crippen molar-refractivity contribution in [1.29, 1.82) is 0 Å². The third-order valence-corrected chi connectivity index (χ3v) is 5.27. The van der Waals surface area contributed by atoms with Gasteiger partial charge in [-0.15, -0.1) is 0 Å². The summed E-state index contributed by atoms with van der Waals surface area (Å²) in [5.74, 6) is -0.00167. The summed E-state index contributed by atoms with van der Waals surface area (Å²) in [7, 11) is 1.80. The molecule has 0 atom stereocenters. The Morgan fingerprint density at radius 2 is 1.77 bits per heavy atom. The lowest BCUT2D eigenvalue weighted by molar-refractivity contribution is 0.262. The summed E-state index contributed by atoms with van der Waals surface area (Å²) in [6.07, 6.45) is 1.66. The number of rotatable bonds is 4. The maximum absolute atomic E-state index is 13.3. The zero-order valence-corrected chi connectivity index (χ0v) is 18.1. The van der Waals surface area contributed by atoms with E-state index in [1.165, 1.54) is 4.68 Å². The lowest BCUT2D eigenvalue weighted by Crippen LogP contribution is -2.25. The van der Waals surface area contributed by atoms with E-state index in [4.69, 9.17) is 11.6 Å². The highest BCUT2D eigenvalue weighted by molar-refractivity contribution is 6.30. The maximum Gasteiger partial charge on any atom is 0.323 e. The molecule has 7 nitrogen and oxygen atoms in total. The van der Waals surface area contributed by atoms with E-state index in [1.54, 1.807) is 42.2 Å². The van der Waals surface area contributed by atoms with Crippen LogP contribution in [0.15, 0.2) is 65.6 Å². The summed E-state index contributed by atoms with van der Waals surface area (Å²) in [5, 5.41) is 6.96. The van der Waals surface area contributed by atoms with Crippen molar-refractivity contribution in [2.75, 3.05) is 10.6 Å². The standard InChI is InChI=1S/C23H22ClN5O2/c1-14(2)21-20(27-23(31)26-17-10-8-16(24)9-11-17)22(30)29(28(21)3)18-12-15-6-4-5-7-19(15)25-13-18/h4-14H,1-3H3,(H2,26,27,31). The van der Waals surface area contributed by atoms with Crippen molar-refractivity contribution in [3.05, 3.63) is 81.9 Å². The van der Waals surface area contributed by atoms with Crippen LogP contribution in [0.4, 0.5) is 16.2 Å². The molecule has 4 aromatic rings. The molecular weight excluding hydrogens is 414 g/mol. The van der Waals surface area contributed by atoms with Gasteiger partial charge in [-0.3, -0.25) is 14.5 Å². The van der Waals surface area contributed by atoms with Gasteiger partial charge in [-0.1, -0.05) is 43.6 Å². The number of fused-ring (bicyclic) bond motifs is 1. The molecule has 2 heterocycles. The molecule has 31 heavy (non-hydrogen) atoms. The first kappa shape index (κ1) is 20.7. The highest BCUT2D eigenvalue weighted by Crippen LogP contribution is 2.24. The van der Waals surface area contributed by atoms with Crippen LogP contribution in [0.2, 0.25) is 5.02 Å². The van der Waals surface area contributed by atoms with Crippen LogP contribution < -0.4 is 16.2 Å². The fourth-order valence-electron chi connectivity index (χ4n) is 3.68. The molecule has 0 saturated heterocycles. The molecule has 0 saturated carbocycles. The number of carbonyl (C=O) groups is 1. The SMILES string of the molecule is CC(C)c1c(NC(=O)Nc2ccc(Cl)cc2)c(=O)n(-c2cnc3ccccc3c2)n1C. The van der Waals surface area contributed by atoms with Gasteiger partial charge in [0.2, 0.25) is 0 Å². The number of aromatic nitrogens is 3. The average molecular weight is 436 g/mol. The molecule has 2 N–H and O–H groups in total. The van der Waals surface area contributed by atoms with Gasteiger partial charge in [0.15, 0.2) is 0 Å². The van der Waals surface area contributed by atoms with Crippen molar-refractivity contribution < 1.29 is 4.79 Å². The third-order valence-electron chi connectivity index (χ3n) is 5.02. The van der Waals surface area contributed by atoms with Crippen LogP contribution in [0.5, 0.6) is 0 Å². The van der Waals surface area contributed by atoms with E-state index in [2.05, 4.69) is 15.6 Å².